The van der Waals surface area contributed by atoms with E-state index in [0.29, 0.717) is 18.1 Å². The lowest BCUT2D eigenvalue weighted by molar-refractivity contribution is 0.252. The fraction of sp³-hybridized carbons (Fsp3) is 0.600. The first-order valence-corrected chi connectivity index (χ1v) is 8.68. The SMILES string of the molecule is CNC1CC2CCCC(C1)N2c1ccc(Br)cc1Br. The average Bonchev–Trinajstić information content (AvgIpc) is 2.37. The zero-order valence-electron chi connectivity index (χ0n) is 11.2. The molecule has 0 saturated carbocycles. The Hall–Kier alpha value is -0.0600. The Morgan fingerprint density at radius 3 is 2.42 bits per heavy atom. The molecule has 2 atom stereocenters. The molecule has 2 unspecified atom stereocenters. The quantitative estimate of drug-likeness (QED) is 0.812. The number of piperidine rings is 2. The zero-order chi connectivity index (χ0) is 13.4. The molecular weight excluding hydrogens is 368 g/mol. The predicted octanol–water partition coefficient (Wildman–Crippen LogP) is 4.32. The van der Waals surface area contributed by atoms with Gasteiger partial charge in [0, 0.05) is 27.1 Å². The molecule has 1 aromatic carbocycles. The molecule has 0 aliphatic carbocycles. The molecule has 1 aromatic rings. The van der Waals surface area contributed by atoms with Crippen LogP contribution in [0.3, 0.4) is 0 Å². The molecule has 104 valence electrons. The van der Waals surface area contributed by atoms with E-state index in [1.165, 1.54) is 42.3 Å². The molecule has 2 fully saturated rings. The minimum absolute atomic E-state index is 0.695. The van der Waals surface area contributed by atoms with Gasteiger partial charge in [0.1, 0.15) is 0 Å². The number of nitrogens with one attached hydrogen (secondary N) is 1. The van der Waals surface area contributed by atoms with Crippen LogP contribution in [0.25, 0.3) is 0 Å². The molecular formula is C15H20Br2N2. The fourth-order valence-electron chi connectivity index (χ4n) is 3.70. The summed E-state index contributed by atoms with van der Waals surface area (Å²) >= 11 is 7.28. The van der Waals surface area contributed by atoms with Crippen molar-refractivity contribution in [3.63, 3.8) is 0 Å². The van der Waals surface area contributed by atoms with Gasteiger partial charge in [0.15, 0.2) is 0 Å². The average molecular weight is 388 g/mol. The van der Waals surface area contributed by atoms with E-state index in [1.54, 1.807) is 0 Å². The molecule has 0 spiro atoms. The van der Waals surface area contributed by atoms with Crippen molar-refractivity contribution >= 4 is 37.5 Å². The van der Waals surface area contributed by atoms with Crippen LogP contribution in [0.4, 0.5) is 5.69 Å². The Kier molecular flexibility index (Phi) is 4.20. The van der Waals surface area contributed by atoms with E-state index in [-0.39, 0.29) is 0 Å². The van der Waals surface area contributed by atoms with Gasteiger partial charge in [-0.1, -0.05) is 15.9 Å². The van der Waals surface area contributed by atoms with Crippen LogP contribution in [0.2, 0.25) is 0 Å². The Balaban J connectivity index is 1.91. The minimum Gasteiger partial charge on any atom is -0.365 e. The van der Waals surface area contributed by atoms with E-state index in [2.05, 4.69) is 67.3 Å². The Morgan fingerprint density at radius 2 is 1.84 bits per heavy atom. The molecule has 0 aromatic heterocycles. The molecule has 19 heavy (non-hydrogen) atoms. The van der Waals surface area contributed by atoms with Crippen LogP contribution < -0.4 is 10.2 Å². The van der Waals surface area contributed by atoms with Crippen LogP contribution >= 0.6 is 31.9 Å². The number of rotatable bonds is 2. The number of halogens is 2. The Bertz CT molecular complexity index is 449. The van der Waals surface area contributed by atoms with Crippen molar-refractivity contribution in [2.24, 2.45) is 0 Å². The van der Waals surface area contributed by atoms with E-state index in [4.69, 9.17) is 0 Å². The molecule has 2 saturated heterocycles. The van der Waals surface area contributed by atoms with Crippen molar-refractivity contribution in [3.05, 3.63) is 27.1 Å². The van der Waals surface area contributed by atoms with Crippen molar-refractivity contribution < 1.29 is 0 Å². The highest BCUT2D eigenvalue weighted by Crippen LogP contribution is 2.41. The second-order valence-electron chi connectivity index (χ2n) is 5.70. The Labute approximate surface area is 132 Å². The van der Waals surface area contributed by atoms with E-state index in [9.17, 15) is 0 Å². The topological polar surface area (TPSA) is 15.3 Å². The highest BCUT2D eigenvalue weighted by atomic mass is 79.9. The van der Waals surface area contributed by atoms with E-state index < -0.39 is 0 Å². The predicted molar refractivity (Wildman–Crippen MR) is 87.8 cm³/mol. The number of benzene rings is 1. The molecule has 2 bridgehead atoms. The maximum Gasteiger partial charge on any atom is 0.0516 e. The number of hydrogen-bond acceptors (Lipinski definition) is 2. The van der Waals surface area contributed by atoms with Gasteiger partial charge in [0.2, 0.25) is 0 Å². The third-order valence-electron chi connectivity index (χ3n) is 4.57. The number of hydrogen-bond donors (Lipinski definition) is 1. The van der Waals surface area contributed by atoms with Gasteiger partial charge in [0.25, 0.3) is 0 Å². The third-order valence-corrected chi connectivity index (χ3v) is 5.70. The summed E-state index contributed by atoms with van der Waals surface area (Å²) < 4.78 is 2.35. The Morgan fingerprint density at radius 1 is 1.16 bits per heavy atom. The van der Waals surface area contributed by atoms with Crippen LogP contribution in [0.15, 0.2) is 27.1 Å². The highest BCUT2D eigenvalue weighted by molar-refractivity contribution is 9.11. The summed E-state index contributed by atoms with van der Waals surface area (Å²) in [6.07, 6.45) is 6.59. The molecule has 0 radical (unpaired) electrons. The molecule has 3 rings (SSSR count). The van der Waals surface area contributed by atoms with Crippen molar-refractivity contribution in [3.8, 4) is 0 Å². The van der Waals surface area contributed by atoms with E-state index in [0.717, 1.165) is 4.47 Å². The summed E-state index contributed by atoms with van der Waals surface area (Å²) in [5, 5.41) is 3.48. The van der Waals surface area contributed by atoms with Crippen LogP contribution in [-0.2, 0) is 0 Å². The number of fused-ring (bicyclic) bond motifs is 2. The van der Waals surface area contributed by atoms with Gasteiger partial charge in [-0.15, -0.1) is 0 Å². The molecule has 2 heterocycles. The first-order valence-electron chi connectivity index (χ1n) is 7.09. The first-order chi connectivity index (χ1) is 9.19. The van der Waals surface area contributed by atoms with E-state index >= 15 is 0 Å². The second kappa shape index (κ2) is 5.74. The van der Waals surface area contributed by atoms with Gasteiger partial charge >= 0.3 is 0 Å². The van der Waals surface area contributed by atoms with Gasteiger partial charge < -0.3 is 10.2 Å². The van der Waals surface area contributed by atoms with Crippen LogP contribution in [0.1, 0.15) is 32.1 Å². The fourth-order valence-corrected chi connectivity index (χ4v) is 4.95. The largest absolute Gasteiger partial charge is 0.365 e. The van der Waals surface area contributed by atoms with Crippen molar-refractivity contribution in [2.75, 3.05) is 11.9 Å². The van der Waals surface area contributed by atoms with Crippen molar-refractivity contribution in [1.29, 1.82) is 0 Å². The van der Waals surface area contributed by atoms with Gasteiger partial charge in [-0.3, -0.25) is 0 Å². The molecule has 4 heteroatoms. The lowest BCUT2D eigenvalue weighted by Gasteiger charge is -2.50. The summed E-state index contributed by atoms with van der Waals surface area (Å²) in [6.45, 7) is 0. The summed E-state index contributed by atoms with van der Waals surface area (Å²) in [5.41, 5.74) is 1.37. The number of anilines is 1. The normalized spacial score (nSPS) is 30.5. The first kappa shape index (κ1) is 13.9. The standard InChI is InChI=1S/C15H20Br2N2/c1-18-11-8-12-3-2-4-13(9-11)19(12)15-6-5-10(16)7-14(15)17/h5-7,11-13,18H,2-4,8-9H2,1H3. The molecule has 2 aliphatic rings. The van der Waals surface area contributed by atoms with Crippen LogP contribution in [0, 0.1) is 0 Å². The molecule has 0 amide bonds. The molecule has 1 N–H and O–H groups in total. The summed E-state index contributed by atoms with van der Waals surface area (Å²) in [7, 11) is 2.10. The minimum atomic E-state index is 0.695. The highest BCUT2D eigenvalue weighted by Gasteiger charge is 2.38. The van der Waals surface area contributed by atoms with Gasteiger partial charge in [-0.2, -0.15) is 0 Å². The number of nitrogens with zero attached hydrogens (tertiary/aromatic N) is 1. The third kappa shape index (κ3) is 2.72. The van der Waals surface area contributed by atoms with Crippen molar-refractivity contribution in [2.45, 2.75) is 50.2 Å². The maximum atomic E-state index is 3.74. The summed E-state index contributed by atoms with van der Waals surface area (Å²) in [4.78, 5) is 2.67. The monoisotopic (exact) mass is 386 g/mol. The summed E-state index contributed by atoms with van der Waals surface area (Å²) in [6, 6.07) is 8.65. The van der Waals surface area contributed by atoms with Crippen LogP contribution in [-0.4, -0.2) is 25.2 Å². The zero-order valence-corrected chi connectivity index (χ0v) is 14.4. The maximum absolute atomic E-state index is 3.74. The van der Waals surface area contributed by atoms with Crippen molar-refractivity contribution in [1.82, 2.24) is 5.32 Å². The molecule has 2 aliphatic heterocycles. The van der Waals surface area contributed by atoms with Gasteiger partial charge in [-0.05, 0) is 73.3 Å². The smallest absolute Gasteiger partial charge is 0.0516 e. The van der Waals surface area contributed by atoms with Gasteiger partial charge in [0.05, 0.1) is 5.69 Å². The molecule has 2 nitrogen and oxygen atoms in total. The van der Waals surface area contributed by atoms with E-state index in [1.807, 2.05) is 0 Å². The lowest BCUT2D eigenvalue weighted by atomic mass is 9.81. The van der Waals surface area contributed by atoms with Crippen LogP contribution in [0.5, 0.6) is 0 Å². The second-order valence-corrected chi connectivity index (χ2v) is 7.47. The van der Waals surface area contributed by atoms with Gasteiger partial charge in [-0.25, -0.2) is 0 Å². The summed E-state index contributed by atoms with van der Waals surface area (Å²) in [5.74, 6) is 0. The lowest BCUT2D eigenvalue weighted by Crippen LogP contribution is -2.56.